The second kappa shape index (κ2) is 7.75. The number of piperidine rings is 1. The third kappa shape index (κ3) is 4.97. The molecule has 21 heavy (non-hydrogen) atoms. The molecule has 6 heteroatoms. The lowest BCUT2D eigenvalue weighted by molar-refractivity contribution is -0.148. The lowest BCUT2D eigenvalue weighted by Gasteiger charge is -2.34. The summed E-state index contributed by atoms with van der Waals surface area (Å²) in [6.45, 7) is 5.63. The summed E-state index contributed by atoms with van der Waals surface area (Å²) < 4.78 is 5.41. The van der Waals surface area contributed by atoms with Crippen molar-refractivity contribution in [3.8, 4) is 0 Å². The van der Waals surface area contributed by atoms with Gasteiger partial charge in [0.15, 0.2) is 0 Å². The van der Waals surface area contributed by atoms with Crippen LogP contribution in [0.5, 0.6) is 0 Å². The summed E-state index contributed by atoms with van der Waals surface area (Å²) in [5.74, 6) is 0.187. The summed E-state index contributed by atoms with van der Waals surface area (Å²) in [5.41, 5.74) is 0. The number of hydrogen-bond acceptors (Lipinski definition) is 4. The van der Waals surface area contributed by atoms with E-state index in [0.29, 0.717) is 38.0 Å². The van der Waals surface area contributed by atoms with Gasteiger partial charge >= 0.3 is 5.97 Å². The van der Waals surface area contributed by atoms with E-state index in [1.165, 1.54) is 12.8 Å². The van der Waals surface area contributed by atoms with Crippen LogP contribution in [-0.4, -0.2) is 60.8 Å². The molecule has 0 aromatic carbocycles. The molecule has 3 unspecified atom stereocenters. The first kappa shape index (κ1) is 16.2. The van der Waals surface area contributed by atoms with E-state index in [9.17, 15) is 9.59 Å². The molecule has 0 aromatic rings. The average molecular weight is 298 g/mol. The van der Waals surface area contributed by atoms with E-state index in [1.807, 2.05) is 0 Å². The Morgan fingerprint density at radius 2 is 2.29 bits per heavy atom. The number of rotatable bonds is 5. The highest BCUT2D eigenvalue weighted by molar-refractivity contribution is 5.76. The maximum Gasteiger partial charge on any atom is 0.306 e. The highest BCUT2D eigenvalue weighted by atomic mass is 16.5. The molecule has 2 fully saturated rings. The van der Waals surface area contributed by atoms with Crippen molar-refractivity contribution in [3.63, 3.8) is 0 Å². The first-order valence-electron chi connectivity index (χ1n) is 7.88. The van der Waals surface area contributed by atoms with Gasteiger partial charge in [-0.3, -0.25) is 9.59 Å². The summed E-state index contributed by atoms with van der Waals surface area (Å²) in [7, 11) is 0. The topological polar surface area (TPSA) is 78.9 Å². The second-order valence-corrected chi connectivity index (χ2v) is 6.22. The van der Waals surface area contributed by atoms with Crippen LogP contribution in [0, 0.1) is 11.8 Å². The molecule has 1 amide bonds. The number of ether oxygens (including phenoxy) is 1. The van der Waals surface area contributed by atoms with Crippen molar-refractivity contribution in [2.45, 2.75) is 38.7 Å². The van der Waals surface area contributed by atoms with E-state index >= 15 is 0 Å². The second-order valence-electron chi connectivity index (χ2n) is 6.22. The van der Waals surface area contributed by atoms with Crippen molar-refractivity contribution in [1.29, 1.82) is 0 Å². The Labute approximate surface area is 125 Å². The molecule has 0 saturated carbocycles. The van der Waals surface area contributed by atoms with Crippen LogP contribution in [0.25, 0.3) is 0 Å². The van der Waals surface area contributed by atoms with Gasteiger partial charge in [-0.25, -0.2) is 0 Å². The molecule has 3 atom stereocenters. The predicted octanol–water partition coefficient (Wildman–Crippen LogP) is 0.714. The van der Waals surface area contributed by atoms with E-state index in [1.54, 1.807) is 4.90 Å². The third-order valence-electron chi connectivity index (χ3n) is 4.53. The van der Waals surface area contributed by atoms with Crippen molar-refractivity contribution in [3.05, 3.63) is 0 Å². The molecule has 6 nitrogen and oxygen atoms in total. The fraction of sp³-hybridized carbons (Fsp3) is 0.867. The molecule has 0 aromatic heterocycles. The van der Waals surface area contributed by atoms with Gasteiger partial charge < -0.3 is 20.1 Å². The zero-order valence-corrected chi connectivity index (χ0v) is 12.7. The number of morpholine rings is 1. The molecule has 0 radical (unpaired) electrons. The molecule has 2 saturated heterocycles. The number of carbonyl (C=O) groups excluding carboxylic acids is 1. The van der Waals surface area contributed by atoms with E-state index in [0.717, 1.165) is 13.1 Å². The van der Waals surface area contributed by atoms with Gasteiger partial charge in [0, 0.05) is 19.5 Å². The fourth-order valence-corrected chi connectivity index (χ4v) is 3.20. The molecular formula is C15H26N2O4. The third-order valence-corrected chi connectivity index (χ3v) is 4.53. The minimum absolute atomic E-state index is 0.0358. The molecule has 2 heterocycles. The number of nitrogens with zero attached hydrogens (tertiary/aromatic N) is 1. The standard InChI is InChI=1S/C15H26N2O4/c1-11(12-3-2-4-16-9-12)7-14(18)17-5-6-21-13(10-17)8-15(19)20/h11-13,16H,2-10H2,1H3,(H,19,20). The van der Waals surface area contributed by atoms with Crippen molar-refractivity contribution in [2.75, 3.05) is 32.8 Å². The van der Waals surface area contributed by atoms with Gasteiger partial charge in [-0.15, -0.1) is 0 Å². The summed E-state index contributed by atoms with van der Waals surface area (Å²) >= 11 is 0. The smallest absolute Gasteiger partial charge is 0.306 e. The Kier molecular flexibility index (Phi) is 5.99. The molecule has 0 bridgehead atoms. The van der Waals surface area contributed by atoms with Gasteiger partial charge in [-0.1, -0.05) is 6.92 Å². The van der Waals surface area contributed by atoms with E-state index < -0.39 is 5.97 Å². The fourth-order valence-electron chi connectivity index (χ4n) is 3.20. The largest absolute Gasteiger partial charge is 0.481 e. The number of carbonyl (C=O) groups is 2. The van der Waals surface area contributed by atoms with Gasteiger partial charge in [0.25, 0.3) is 0 Å². The van der Waals surface area contributed by atoms with Crippen LogP contribution in [0.3, 0.4) is 0 Å². The van der Waals surface area contributed by atoms with Crippen LogP contribution >= 0.6 is 0 Å². The van der Waals surface area contributed by atoms with E-state index in [-0.39, 0.29) is 18.4 Å². The Balaban J connectivity index is 1.80. The number of hydrogen-bond donors (Lipinski definition) is 2. The highest BCUT2D eigenvalue weighted by Gasteiger charge is 2.28. The van der Waals surface area contributed by atoms with Gasteiger partial charge in [0.05, 0.1) is 19.1 Å². The molecule has 0 aliphatic carbocycles. The van der Waals surface area contributed by atoms with E-state index in [4.69, 9.17) is 9.84 Å². The summed E-state index contributed by atoms with van der Waals surface area (Å²) in [5, 5.41) is 12.2. The molecule has 0 spiro atoms. The zero-order valence-electron chi connectivity index (χ0n) is 12.7. The number of carboxylic acids is 1. The molecule has 120 valence electrons. The van der Waals surface area contributed by atoms with Crippen LogP contribution in [0.1, 0.15) is 32.6 Å². The van der Waals surface area contributed by atoms with Crippen molar-refractivity contribution in [1.82, 2.24) is 10.2 Å². The molecule has 2 N–H and O–H groups in total. The maximum absolute atomic E-state index is 12.4. The minimum atomic E-state index is -0.879. The molecule has 2 rings (SSSR count). The number of nitrogens with one attached hydrogen (secondary N) is 1. The molecular weight excluding hydrogens is 272 g/mol. The van der Waals surface area contributed by atoms with Crippen LogP contribution in [-0.2, 0) is 14.3 Å². The number of aliphatic carboxylic acids is 1. The average Bonchev–Trinajstić information content (AvgIpc) is 2.47. The van der Waals surface area contributed by atoms with Crippen LogP contribution in [0.15, 0.2) is 0 Å². The van der Waals surface area contributed by atoms with Crippen LogP contribution in [0.4, 0.5) is 0 Å². The Bertz CT molecular complexity index is 369. The summed E-state index contributed by atoms with van der Waals surface area (Å²) in [6, 6.07) is 0. The lowest BCUT2D eigenvalue weighted by atomic mass is 9.85. The van der Waals surface area contributed by atoms with Crippen LogP contribution < -0.4 is 5.32 Å². The first-order valence-corrected chi connectivity index (χ1v) is 7.88. The van der Waals surface area contributed by atoms with Crippen molar-refractivity contribution in [2.24, 2.45) is 11.8 Å². The maximum atomic E-state index is 12.4. The number of carboxylic acid groups (broad SMARTS) is 1. The zero-order chi connectivity index (χ0) is 15.2. The van der Waals surface area contributed by atoms with Crippen molar-refractivity contribution < 1.29 is 19.4 Å². The summed E-state index contributed by atoms with van der Waals surface area (Å²) in [6.07, 6.45) is 2.51. The van der Waals surface area contributed by atoms with Crippen LogP contribution in [0.2, 0.25) is 0 Å². The predicted molar refractivity (Wildman–Crippen MR) is 77.9 cm³/mol. The molecule has 2 aliphatic heterocycles. The highest BCUT2D eigenvalue weighted by Crippen LogP contribution is 2.23. The first-order chi connectivity index (χ1) is 10.1. The van der Waals surface area contributed by atoms with Gasteiger partial charge in [0.2, 0.25) is 5.91 Å². The normalized spacial score (nSPS) is 28.1. The SMILES string of the molecule is CC(CC(=O)N1CCOC(CC(=O)O)C1)C1CCCNC1. The quantitative estimate of drug-likeness (QED) is 0.781. The van der Waals surface area contributed by atoms with Crippen molar-refractivity contribution >= 4 is 11.9 Å². The number of amides is 1. The van der Waals surface area contributed by atoms with Gasteiger partial charge in [0.1, 0.15) is 0 Å². The minimum Gasteiger partial charge on any atom is -0.481 e. The molecule has 2 aliphatic rings. The lowest BCUT2D eigenvalue weighted by Crippen LogP contribution is -2.47. The summed E-state index contributed by atoms with van der Waals surface area (Å²) in [4.78, 5) is 24.9. The Hall–Kier alpha value is -1.14. The monoisotopic (exact) mass is 298 g/mol. The van der Waals surface area contributed by atoms with Gasteiger partial charge in [-0.05, 0) is 37.8 Å². The Morgan fingerprint density at radius 3 is 2.95 bits per heavy atom. The van der Waals surface area contributed by atoms with Gasteiger partial charge in [-0.2, -0.15) is 0 Å². The Morgan fingerprint density at radius 1 is 1.48 bits per heavy atom. The van der Waals surface area contributed by atoms with E-state index in [2.05, 4.69) is 12.2 Å².